The van der Waals surface area contributed by atoms with Crippen molar-refractivity contribution in [1.82, 2.24) is 0 Å². The van der Waals surface area contributed by atoms with Crippen LogP contribution >= 0.6 is 0 Å². The van der Waals surface area contributed by atoms with Crippen LogP contribution in [0.5, 0.6) is 0 Å². The van der Waals surface area contributed by atoms with E-state index in [0.717, 1.165) is 5.56 Å². The number of esters is 2. The van der Waals surface area contributed by atoms with Crippen LogP contribution in [0.1, 0.15) is 53.0 Å². The normalized spacial score (nSPS) is 14.0. The fourth-order valence-electron chi connectivity index (χ4n) is 2.54. The summed E-state index contributed by atoms with van der Waals surface area (Å²) in [5, 5.41) is 0. The molecular weight excluding hydrogens is 318 g/mol. The van der Waals surface area contributed by atoms with Gasteiger partial charge in [-0.3, -0.25) is 9.59 Å². The van der Waals surface area contributed by atoms with Gasteiger partial charge in [0.05, 0.1) is 6.42 Å². The first kappa shape index (κ1) is 21.2. The van der Waals surface area contributed by atoms with E-state index in [9.17, 15) is 9.59 Å². The largest absolute Gasteiger partial charge is 0.461 e. The molecule has 2 atom stereocenters. The van der Waals surface area contributed by atoms with Crippen molar-refractivity contribution in [3.63, 3.8) is 0 Å². The summed E-state index contributed by atoms with van der Waals surface area (Å²) in [5.74, 6) is -0.832. The highest BCUT2D eigenvalue weighted by atomic mass is 16.6. The minimum Gasteiger partial charge on any atom is -0.461 e. The van der Waals surface area contributed by atoms with E-state index < -0.39 is 17.6 Å². The summed E-state index contributed by atoms with van der Waals surface area (Å²) < 4.78 is 10.7. The van der Waals surface area contributed by atoms with Crippen molar-refractivity contribution < 1.29 is 19.1 Å². The Labute approximate surface area is 150 Å². The number of benzene rings is 1. The number of hydrogen-bond donors (Lipinski definition) is 1. The zero-order chi connectivity index (χ0) is 19.0. The summed E-state index contributed by atoms with van der Waals surface area (Å²) in [5.41, 5.74) is 6.41. The zero-order valence-corrected chi connectivity index (χ0v) is 16.0. The summed E-state index contributed by atoms with van der Waals surface area (Å²) in [6, 6.07) is 8.64. The molecule has 0 aliphatic heterocycles. The van der Waals surface area contributed by atoms with Gasteiger partial charge in [0, 0.05) is 0 Å². The Morgan fingerprint density at radius 2 is 1.72 bits per heavy atom. The Morgan fingerprint density at radius 1 is 1.12 bits per heavy atom. The van der Waals surface area contributed by atoms with E-state index in [1.807, 2.05) is 44.2 Å². The Hall–Kier alpha value is -1.88. The molecule has 2 unspecified atom stereocenters. The second kappa shape index (κ2) is 9.56. The second-order valence-electron chi connectivity index (χ2n) is 7.80. The van der Waals surface area contributed by atoms with Gasteiger partial charge in [0.2, 0.25) is 0 Å². The molecule has 0 bridgehead atoms. The van der Waals surface area contributed by atoms with Crippen LogP contribution in [0.25, 0.3) is 0 Å². The molecule has 5 heteroatoms. The molecule has 140 valence electrons. The number of hydrogen-bond acceptors (Lipinski definition) is 5. The molecule has 0 amide bonds. The van der Waals surface area contributed by atoms with Crippen LogP contribution in [0.2, 0.25) is 0 Å². The lowest BCUT2D eigenvalue weighted by atomic mass is 9.88. The number of nitrogens with two attached hydrogens (primary N) is 1. The monoisotopic (exact) mass is 349 g/mol. The van der Waals surface area contributed by atoms with Gasteiger partial charge in [-0.1, -0.05) is 44.2 Å². The maximum atomic E-state index is 12.2. The second-order valence-corrected chi connectivity index (χ2v) is 7.80. The van der Waals surface area contributed by atoms with Gasteiger partial charge in [-0.15, -0.1) is 0 Å². The third-order valence-corrected chi connectivity index (χ3v) is 3.63. The van der Waals surface area contributed by atoms with Crippen molar-refractivity contribution in [3.05, 3.63) is 35.9 Å². The average Bonchev–Trinajstić information content (AvgIpc) is 2.50. The van der Waals surface area contributed by atoms with Crippen molar-refractivity contribution in [2.45, 2.75) is 65.7 Å². The predicted molar refractivity (Wildman–Crippen MR) is 97.6 cm³/mol. The molecule has 0 heterocycles. The number of rotatable bonds is 8. The predicted octanol–water partition coefficient (Wildman–Crippen LogP) is 3.45. The Morgan fingerprint density at radius 3 is 2.24 bits per heavy atom. The minimum atomic E-state index is -0.842. The standard InChI is InChI=1S/C20H31NO4/c1-14(2)11-16(18(21)19(23)25-20(3,4)5)12-17(22)24-13-15-9-7-6-8-10-15/h6-10,14,16,18H,11-13,21H2,1-5H3. The molecule has 0 aliphatic carbocycles. The van der Waals surface area contributed by atoms with Crippen LogP contribution in [-0.4, -0.2) is 23.6 Å². The van der Waals surface area contributed by atoms with E-state index in [0.29, 0.717) is 12.3 Å². The Bertz CT molecular complexity index is 549. The first-order valence-corrected chi connectivity index (χ1v) is 8.76. The first-order chi connectivity index (χ1) is 11.6. The summed E-state index contributed by atoms with van der Waals surface area (Å²) in [6.45, 7) is 9.67. The summed E-state index contributed by atoms with van der Waals surface area (Å²) >= 11 is 0. The summed E-state index contributed by atoms with van der Waals surface area (Å²) in [4.78, 5) is 24.4. The quantitative estimate of drug-likeness (QED) is 0.727. The smallest absolute Gasteiger partial charge is 0.323 e. The van der Waals surface area contributed by atoms with Crippen molar-refractivity contribution >= 4 is 11.9 Å². The highest BCUT2D eigenvalue weighted by Gasteiger charge is 2.31. The maximum Gasteiger partial charge on any atom is 0.323 e. The third kappa shape index (κ3) is 8.68. The van der Waals surface area contributed by atoms with E-state index in [4.69, 9.17) is 15.2 Å². The molecule has 5 nitrogen and oxygen atoms in total. The Balaban J connectivity index is 2.64. The van der Waals surface area contributed by atoms with E-state index in [1.54, 1.807) is 20.8 Å². The first-order valence-electron chi connectivity index (χ1n) is 8.76. The molecule has 25 heavy (non-hydrogen) atoms. The number of carbonyl (C=O) groups is 2. The Kier molecular flexibility index (Phi) is 8.10. The van der Waals surface area contributed by atoms with Gasteiger partial charge >= 0.3 is 11.9 Å². The van der Waals surface area contributed by atoms with E-state index in [2.05, 4.69) is 0 Å². The number of carbonyl (C=O) groups excluding carboxylic acids is 2. The summed E-state index contributed by atoms with van der Waals surface area (Å²) in [6.07, 6.45) is 0.756. The molecule has 0 fully saturated rings. The van der Waals surface area contributed by atoms with Crippen LogP contribution in [0, 0.1) is 11.8 Å². The van der Waals surface area contributed by atoms with Crippen LogP contribution in [-0.2, 0) is 25.7 Å². The SMILES string of the molecule is CC(C)CC(CC(=O)OCc1ccccc1)C(N)C(=O)OC(C)(C)C. The van der Waals surface area contributed by atoms with Gasteiger partial charge in [0.1, 0.15) is 18.2 Å². The van der Waals surface area contributed by atoms with Gasteiger partial charge in [-0.2, -0.15) is 0 Å². The maximum absolute atomic E-state index is 12.2. The van der Waals surface area contributed by atoms with Crippen LogP contribution in [0.4, 0.5) is 0 Å². The van der Waals surface area contributed by atoms with E-state index in [-0.39, 0.29) is 24.9 Å². The van der Waals surface area contributed by atoms with Crippen molar-refractivity contribution in [2.24, 2.45) is 17.6 Å². The van der Waals surface area contributed by atoms with Crippen molar-refractivity contribution in [2.75, 3.05) is 0 Å². The highest BCUT2D eigenvalue weighted by Crippen LogP contribution is 2.22. The molecule has 2 N–H and O–H groups in total. The zero-order valence-electron chi connectivity index (χ0n) is 16.0. The fraction of sp³-hybridized carbons (Fsp3) is 0.600. The summed E-state index contributed by atoms with van der Waals surface area (Å²) in [7, 11) is 0. The van der Waals surface area contributed by atoms with Crippen LogP contribution < -0.4 is 5.73 Å². The average molecular weight is 349 g/mol. The molecule has 0 saturated heterocycles. The van der Waals surface area contributed by atoms with Gasteiger partial charge in [-0.05, 0) is 44.6 Å². The molecule has 0 saturated carbocycles. The highest BCUT2D eigenvalue weighted by molar-refractivity contribution is 5.78. The third-order valence-electron chi connectivity index (χ3n) is 3.63. The molecule has 1 aromatic rings. The lowest BCUT2D eigenvalue weighted by Gasteiger charge is -2.27. The molecule has 1 rings (SSSR count). The molecule has 1 aromatic carbocycles. The van der Waals surface area contributed by atoms with E-state index in [1.165, 1.54) is 0 Å². The molecule has 0 spiro atoms. The van der Waals surface area contributed by atoms with Gasteiger partial charge in [0.15, 0.2) is 0 Å². The topological polar surface area (TPSA) is 78.6 Å². The molecule has 0 aliphatic rings. The molecule has 0 radical (unpaired) electrons. The van der Waals surface area contributed by atoms with Gasteiger partial charge < -0.3 is 15.2 Å². The van der Waals surface area contributed by atoms with Crippen LogP contribution in [0.15, 0.2) is 30.3 Å². The fourth-order valence-corrected chi connectivity index (χ4v) is 2.54. The molecular formula is C20H31NO4. The van der Waals surface area contributed by atoms with Crippen molar-refractivity contribution in [1.29, 1.82) is 0 Å². The van der Waals surface area contributed by atoms with E-state index >= 15 is 0 Å². The number of ether oxygens (including phenoxy) is 2. The van der Waals surface area contributed by atoms with Gasteiger partial charge in [0.25, 0.3) is 0 Å². The minimum absolute atomic E-state index is 0.103. The van der Waals surface area contributed by atoms with Crippen LogP contribution in [0.3, 0.4) is 0 Å². The lowest BCUT2D eigenvalue weighted by molar-refractivity contribution is -0.158. The lowest BCUT2D eigenvalue weighted by Crippen LogP contribution is -2.43. The van der Waals surface area contributed by atoms with Crippen molar-refractivity contribution in [3.8, 4) is 0 Å². The van der Waals surface area contributed by atoms with Gasteiger partial charge in [-0.25, -0.2) is 0 Å². The molecule has 0 aromatic heterocycles.